The number of carboxylic acids is 1. The molecule has 0 amide bonds. The number of carboxylic acid groups (broad SMARTS) is 1. The zero-order chi connectivity index (χ0) is 27.5. The molecule has 0 unspecified atom stereocenters. The van der Waals surface area contributed by atoms with E-state index in [0.717, 1.165) is 65.5 Å². The Morgan fingerprint density at radius 1 is 1.08 bits per heavy atom. The van der Waals surface area contributed by atoms with E-state index in [2.05, 4.69) is 40.0 Å². The molecule has 202 valence electrons. The van der Waals surface area contributed by atoms with Gasteiger partial charge in [0.05, 0.1) is 35.9 Å². The minimum atomic E-state index is -5.08. The van der Waals surface area contributed by atoms with E-state index in [4.69, 9.17) is 25.4 Å². The number of carbonyl (C=O) groups is 1. The molecular weight excluding hydrogens is 519 g/mol. The van der Waals surface area contributed by atoms with Gasteiger partial charge in [0.1, 0.15) is 10.8 Å². The highest BCUT2D eigenvalue weighted by Gasteiger charge is 2.38. The molecule has 2 heterocycles. The van der Waals surface area contributed by atoms with Crippen molar-refractivity contribution in [1.82, 2.24) is 20.0 Å². The van der Waals surface area contributed by atoms with E-state index in [0.29, 0.717) is 6.54 Å². The maximum absolute atomic E-state index is 10.6. The largest absolute Gasteiger partial charge is 0.496 e. The van der Waals surface area contributed by atoms with Gasteiger partial charge in [0.25, 0.3) is 0 Å². The minimum absolute atomic E-state index is 0.706. The van der Waals surface area contributed by atoms with E-state index in [-0.39, 0.29) is 0 Å². The van der Waals surface area contributed by atoms with Gasteiger partial charge in [0.2, 0.25) is 0 Å². The molecule has 0 atom stereocenters. The van der Waals surface area contributed by atoms with E-state index in [1.807, 2.05) is 30.5 Å². The average molecular weight is 548 g/mol. The second kappa shape index (κ2) is 13.7. The summed E-state index contributed by atoms with van der Waals surface area (Å²) in [6.07, 6.45) is 1.70. The highest BCUT2D eigenvalue weighted by atomic mass is 32.1. The van der Waals surface area contributed by atoms with Crippen molar-refractivity contribution >= 4 is 17.3 Å². The Kier molecular flexibility index (Phi) is 10.4. The molecule has 0 radical (unpaired) electrons. The Morgan fingerprint density at radius 2 is 1.82 bits per heavy atom. The second-order valence-electron chi connectivity index (χ2n) is 8.22. The van der Waals surface area contributed by atoms with Crippen LogP contribution in [0.25, 0.3) is 16.3 Å². The van der Waals surface area contributed by atoms with Crippen molar-refractivity contribution in [1.29, 1.82) is 0 Å². The van der Waals surface area contributed by atoms with Crippen molar-refractivity contribution < 1.29 is 27.8 Å². The first-order chi connectivity index (χ1) is 18.2. The van der Waals surface area contributed by atoms with Crippen LogP contribution in [0.2, 0.25) is 0 Å². The predicted molar refractivity (Wildman–Crippen MR) is 139 cm³/mol. The van der Waals surface area contributed by atoms with Crippen LogP contribution in [-0.2, 0) is 24.1 Å². The summed E-state index contributed by atoms with van der Waals surface area (Å²) >= 11 is 1.65. The number of methoxy groups -OCH3 is 1. The number of benzene rings is 2. The number of rotatable bonds is 10. The molecule has 0 aliphatic rings. The quantitative estimate of drug-likeness (QED) is 0.265. The van der Waals surface area contributed by atoms with Crippen LogP contribution in [0.3, 0.4) is 0 Å². The first-order valence-corrected chi connectivity index (χ1v) is 12.7. The number of hydrogen-bond acceptors (Lipinski definition) is 7. The summed E-state index contributed by atoms with van der Waals surface area (Å²) in [7, 11) is 1.69. The molecule has 3 N–H and O–H groups in total. The fourth-order valence-corrected chi connectivity index (χ4v) is 4.34. The highest BCUT2D eigenvalue weighted by Crippen LogP contribution is 2.34. The van der Waals surface area contributed by atoms with E-state index in [1.54, 1.807) is 23.1 Å². The first kappa shape index (κ1) is 28.8. The van der Waals surface area contributed by atoms with Crippen LogP contribution in [0.4, 0.5) is 13.2 Å². The van der Waals surface area contributed by atoms with Gasteiger partial charge in [-0.3, -0.25) is 0 Å². The Balaban J connectivity index is 0.000000505. The normalized spacial score (nSPS) is 11.1. The van der Waals surface area contributed by atoms with E-state index < -0.39 is 12.1 Å². The molecule has 12 heteroatoms. The summed E-state index contributed by atoms with van der Waals surface area (Å²) in [6, 6.07) is 16.6. The van der Waals surface area contributed by atoms with Gasteiger partial charge >= 0.3 is 12.1 Å². The van der Waals surface area contributed by atoms with E-state index >= 15 is 0 Å². The van der Waals surface area contributed by atoms with Crippen molar-refractivity contribution in [3.8, 4) is 22.0 Å². The molecule has 0 bridgehead atoms. The van der Waals surface area contributed by atoms with Crippen LogP contribution in [-0.4, -0.2) is 50.9 Å². The zero-order valence-electron chi connectivity index (χ0n) is 20.7. The SMILES string of the molecule is COc1cc(-n2cc(CCCCN)nn2)ccc1-c1nc(CCc2ccccc2)cs1.O=C(O)C(F)(F)F. The predicted octanol–water partition coefficient (Wildman–Crippen LogP) is 5.10. The van der Waals surface area contributed by atoms with Gasteiger partial charge in [-0.25, -0.2) is 14.5 Å². The Hall–Kier alpha value is -3.77. The second-order valence-corrected chi connectivity index (χ2v) is 9.08. The van der Waals surface area contributed by atoms with Gasteiger partial charge in [0, 0.05) is 11.4 Å². The fraction of sp³-hybridized carbons (Fsp3) is 0.308. The summed E-state index contributed by atoms with van der Waals surface area (Å²) in [5.74, 6) is -1.98. The molecule has 2 aromatic heterocycles. The van der Waals surface area contributed by atoms with Crippen LogP contribution < -0.4 is 10.5 Å². The zero-order valence-corrected chi connectivity index (χ0v) is 21.5. The van der Waals surface area contributed by atoms with Crippen molar-refractivity contribution in [3.63, 3.8) is 0 Å². The van der Waals surface area contributed by atoms with Crippen LogP contribution in [0.15, 0.2) is 60.1 Å². The molecule has 0 saturated carbocycles. The van der Waals surface area contributed by atoms with E-state index in [9.17, 15) is 13.2 Å². The topological polar surface area (TPSA) is 116 Å². The number of alkyl halides is 3. The molecule has 38 heavy (non-hydrogen) atoms. The molecule has 0 aliphatic carbocycles. The third kappa shape index (κ3) is 8.38. The summed E-state index contributed by atoms with van der Waals surface area (Å²) in [5.41, 5.74) is 10.9. The van der Waals surface area contributed by atoms with Crippen molar-refractivity contribution in [2.24, 2.45) is 5.73 Å². The Bertz CT molecular complexity index is 1310. The lowest BCUT2D eigenvalue weighted by atomic mass is 10.1. The number of aryl methyl sites for hydroxylation is 3. The number of aliphatic carboxylic acids is 1. The monoisotopic (exact) mass is 547 g/mol. The molecule has 8 nitrogen and oxygen atoms in total. The number of nitrogens with zero attached hydrogens (tertiary/aromatic N) is 4. The number of unbranched alkanes of at least 4 members (excludes halogenated alkanes) is 1. The van der Waals surface area contributed by atoms with Crippen molar-refractivity contribution in [2.75, 3.05) is 13.7 Å². The van der Waals surface area contributed by atoms with Crippen LogP contribution in [0, 0.1) is 0 Å². The van der Waals surface area contributed by atoms with Gasteiger partial charge in [-0.15, -0.1) is 16.4 Å². The maximum atomic E-state index is 10.6. The highest BCUT2D eigenvalue weighted by molar-refractivity contribution is 7.13. The molecular formula is C26H28F3N5O3S. The fourth-order valence-electron chi connectivity index (χ4n) is 3.45. The Morgan fingerprint density at radius 3 is 2.47 bits per heavy atom. The van der Waals surface area contributed by atoms with E-state index in [1.165, 1.54) is 5.56 Å². The molecule has 0 saturated heterocycles. The number of hydrogen-bond donors (Lipinski definition) is 2. The number of nitrogens with two attached hydrogens (primary N) is 1. The molecule has 4 rings (SSSR count). The standard InChI is InChI=1S/C24H27N5OS.C2HF3O2/c1-30-23-15-21(29-16-19(27-28-29)9-5-6-14-25)12-13-22(23)24-26-20(17-31-24)11-10-18-7-3-2-4-8-18;3-2(4,5)1(6)7/h2-4,7-8,12-13,15-17H,5-6,9-11,14,25H2,1H3;(H,6,7). The summed E-state index contributed by atoms with van der Waals surface area (Å²) < 4.78 is 39.2. The third-order valence-corrected chi connectivity index (χ3v) is 6.34. The first-order valence-electron chi connectivity index (χ1n) is 11.8. The third-order valence-electron chi connectivity index (χ3n) is 5.41. The summed E-state index contributed by atoms with van der Waals surface area (Å²) in [6.45, 7) is 0.706. The smallest absolute Gasteiger partial charge is 0.490 e. The van der Waals surface area contributed by atoms with Crippen LogP contribution in [0.5, 0.6) is 5.75 Å². The molecule has 4 aromatic rings. The van der Waals surface area contributed by atoms with Crippen molar-refractivity contribution in [2.45, 2.75) is 38.3 Å². The van der Waals surface area contributed by atoms with Crippen LogP contribution in [0.1, 0.15) is 29.8 Å². The number of ether oxygens (including phenoxy) is 1. The number of halogens is 3. The van der Waals surface area contributed by atoms with Gasteiger partial charge in [0.15, 0.2) is 0 Å². The van der Waals surface area contributed by atoms with Gasteiger partial charge in [-0.05, 0) is 56.3 Å². The molecule has 2 aromatic carbocycles. The lowest BCUT2D eigenvalue weighted by Crippen LogP contribution is -2.21. The number of aromatic nitrogens is 4. The summed E-state index contributed by atoms with van der Waals surface area (Å²) in [5, 5.41) is 18.8. The van der Waals surface area contributed by atoms with Crippen molar-refractivity contribution in [3.05, 3.63) is 77.1 Å². The van der Waals surface area contributed by atoms with Crippen LogP contribution >= 0.6 is 11.3 Å². The van der Waals surface area contributed by atoms with Gasteiger partial charge in [-0.2, -0.15) is 13.2 Å². The maximum Gasteiger partial charge on any atom is 0.490 e. The Labute approximate surface area is 221 Å². The number of thiazole rings is 1. The van der Waals surface area contributed by atoms with Gasteiger partial charge < -0.3 is 15.6 Å². The van der Waals surface area contributed by atoms with Gasteiger partial charge in [-0.1, -0.05) is 35.5 Å². The average Bonchev–Trinajstić information content (AvgIpc) is 3.58. The molecule has 0 aliphatic heterocycles. The molecule has 0 spiro atoms. The molecule has 0 fully saturated rings. The summed E-state index contributed by atoms with van der Waals surface area (Å²) in [4.78, 5) is 13.7. The lowest BCUT2D eigenvalue weighted by Gasteiger charge is -2.08. The minimum Gasteiger partial charge on any atom is -0.496 e. The lowest BCUT2D eigenvalue weighted by molar-refractivity contribution is -0.192.